The van der Waals surface area contributed by atoms with E-state index in [2.05, 4.69) is 4.72 Å². The Kier molecular flexibility index (Phi) is 4.15. The van der Waals surface area contributed by atoms with Gasteiger partial charge in [0.1, 0.15) is 9.23 Å². The average molecular weight is 449 g/mol. The summed E-state index contributed by atoms with van der Waals surface area (Å²) in [5.74, 6) is 2.49. The number of hydrogen-bond donors (Lipinski definition) is 1. The maximum Gasteiger partial charge on any atom is 0.266 e. The molecule has 4 fully saturated rings. The summed E-state index contributed by atoms with van der Waals surface area (Å²) >= 11 is 14.3. The number of rotatable bonds is 4. The highest BCUT2D eigenvalue weighted by Crippen LogP contribution is 2.60. The molecule has 4 aliphatic rings. The molecule has 0 aromatic carbocycles. The van der Waals surface area contributed by atoms with Crippen molar-refractivity contribution in [2.45, 2.75) is 48.8 Å². The molecule has 0 radical (unpaired) electrons. The Morgan fingerprint density at radius 2 is 1.73 bits per heavy atom. The van der Waals surface area contributed by atoms with E-state index in [4.69, 9.17) is 28.2 Å². The van der Waals surface area contributed by atoms with Gasteiger partial charge in [-0.3, -0.25) is 4.72 Å². The highest BCUT2D eigenvalue weighted by atomic mass is 35.5. The van der Waals surface area contributed by atoms with Crippen molar-refractivity contribution >= 4 is 61.0 Å². The van der Waals surface area contributed by atoms with Crippen LogP contribution in [0.2, 0.25) is 8.67 Å². The third-order valence-electron chi connectivity index (χ3n) is 6.22. The van der Waals surface area contributed by atoms with Gasteiger partial charge in [-0.15, -0.1) is 22.7 Å². The summed E-state index contributed by atoms with van der Waals surface area (Å²) in [5, 5.41) is 2.46. The maximum atomic E-state index is 12.6. The molecule has 0 spiro atoms. The Hall–Kier alpha value is -0.340. The lowest BCUT2D eigenvalue weighted by Crippen LogP contribution is -2.48. The van der Waals surface area contributed by atoms with Gasteiger partial charge in [-0.05, 0) is 62.3 Å². The molecule has 0 atom stereocenters. The van der Waals surface area contributed by atoms with E-state index in [0.29, 0.717) is 9.47 Å². The van der Waals surface area contributed by atoms with Gasteiger partial charge in [0.2, 0.25) is 0 Å². The van der Waals surface area contributed by atoms with Crippen molar-refractivity contribution in [3.63, 3.8) is 0 Å². The number of hydrogen-bond acceptors (Lipinski definition) is 5. The number of sulfonamides is 1. The quantitative estimate of drug-likeness (QED) is 0.644. The van der Waals surface area contributed by atoms with Crippen LogP contribution >= 0.6 is 45.9 Å². The summed E-state index contributed by atoms with van der Waals surface area (Å²) in [7, 11) is -3.77. The fourth-order valence-electron chi connectivity index (χ4n) is 5.67. The molecule has 6 rings (SSSR count). The number of nitrogens with one attached hydrogen (secondary N) is 1. The minimum Gasteiger partial charge on any atom is -0.255 e. The van der Waals surface area contributed by atoms with Gasteiger partial charge in [0.05, 0.1) is 10.0 Å². The summed E-state index contributed by atoms with van der Waals surface area (Å²) < 4.78 is 28.3. The lowest BCUT2D eigenvalue weighted by atomic mass is 9.49. The van der Waals surface area contributed by atoms with E-state index >= 15 is 0 Å². The van der Waals surface area contributed by atoms with Crippen molar-refractivity contribution in [1.29, 1.82) is 0 Å². The Balaban J connectivity index is 1.42. The Morgan fingerprint density at radius 1 is 1.12 bits per heavy atom. The molecule has 140 valence electrons. The smallest absolute Gasteiger partial charge is 0.255 e. The molecule has 2 heterocycles. The fraction of sp³-hybridized carbons (Fsp3) is 0.588. The number of halogens is 2. The monoisotopic (exact) mass is 448 g/mol. The fourth-order valence-corrected chi connectivity index (χ4v) is 9.90. The summed E-state index contributed by atoms with van der Waals surface area (Å²) in [6.45, 7) is 0. The van der Waals surface area contributed by atoms with Crippen molar-refractivity contribution in [3.8, 4) is 0 Å². The third-order valence-corrected chi connectivity index (χ3v) is 10.2. The van der Waals surface area contributed by atoms with Crippen LogP contribution in [0.3, 0.4) is 0 Å². The van der Waals surface area contributed by atoms with Crippen LogP contribution < -0.4 is 4.72 Å². The van der Waals surface area contributed by atoms with E-state index in [1.807, 2.05) is 5.38 Å². The van der Waals surface area contributed by atoms with Gasteiger partial charge >= 0.3 is 0 Å². The summed E-state index contributed by atoms with van der Waals surface area (Å²) in [6.07, 6.45) is 7.75. The zero-order valence-corrected chi connectivity index (χ0v) is 17.8. The van der Waals surface area contributed by atoms with Crippen LogP contribution in [-0.4, -0.2) is 13.4 Å². The van der Waals surface area contributed by atoms with Gasteiger partial charge in [0.25, 0.3) is 10.0 Å². The van der Waals surface area contributed by atoms with Crippen LogP contribution in [0.25, 0.3) is 0 Å². The van der Waals surface area contributed by atoms with Gasteiger partial charge < -0.3 is 0 Å². The molecule has 9 heteroatoms. The molecule has 1 N–H and O–H groups in total. The lowest BCUT2D eigenvalue weighted by Gasteiger charge is -2.56. The van der Waals surface area contributed by atoms with Crippen LogP contribution in [-0.2, 0) is 15.4 Å². The van der Waals surface area contributed by atoms with E-state index in [1.165, 1.54) is 55.9 Å². The average Bonchev–Trinajstić information content (AvgIpc) is 3.12. The van der Waals surface area contributed by atoms with Gasteiger partial charge in [-0.1, -0.05) is 23.2 Å². The van der Waals surface area contributed by atoms with Crippen molar-refractivity contribution in [1.82, 2.24) is 4.98 Å². The van der Waals surface area contributed by atoms with Crippen LogP contribution in [0, 0.1) is 17.8 Å². The van der Waals surface area contributed by atoms with Crippen LogP contribution in [0.4, 0.5) is 5.13 Å². The zero-order chi connectivity index (χ0) is 18.1. The molecule has 2 aromatic rings. The lowest BCUT2D eigenvalue weighted by molar-refractivity contribution is -0.00688. The van der Waals surface area contributed by atoms with E-state index in [1.54, 1.807) is 0 Å². The number of thiophene rings is 1. The highest BCUT2D eigenvalue weighted by Gasteiger charge is 2.52. The molecule has 2 aromatic heterocycles. The van der Waals surface area contributed by atoms with Crippen molar-refractivity contribution in [3.05, 3.63) is 25.8 Å². The molecule has 0 unspecified atom stereocenters. The Labute approximate surface area is 171 Å². The first-order valence-electron chi connectivity index (χ1n) is 8.77. The standard InChI is InChI=1S/C17H18Cl2N2O2S3/c18-14-4-12(15(19)25-14)26(22,23)21-16-20-13(8-24-16)17-5-9-1-10(6-17)3-11(2-9)7-17/h4,8-11H,1-3,5-7H2,(H,20,21). The minimum atomic E-state index is -3.77. The molecule has 0 amide bonds. The largest absolute Gasteiger partial charge is 0.266 e. The van der Waals surface area contributed by atoms with E-state index in [9.17, 15) is 8.42 Å². The first kappa shape index (κ1) is 17.7. The Morgan fingerprint density at radius 3 is 2.27 bits per heavy atom. The second-order valence-electron chi connectivity index (χ2n) is 8.03. The first-order chi connectivity index (χ1) is 12.3. The van der Waals surface area contributed by atoms with Gasteiger partial charge in [0, 0.05) is 10.8 Å². The predicted octanol–water partition coefficient (Wildman–Crippen LogP) is 5.78. The normalized spacial score (nSPS) is 32.9. The van der Waals surface area contributed by atoms with Gasteiger partial charge in [0.15, 0.2) is 5.13 Å². The van der Waals surface area contributed by atoms with Crippen LogP contribution in [0.15, 0.2) is 16.3 Å². The number of anilines is 1. The molecular formula is C17H18Cl2N2O2S3. The minimum absolute atomic E-state index is 0.0146. The third kappa shape index (κ3) is 2.91. The van der Waals surface area contributed by atoms with Crippen molar-refractivity contribution in [2.75, 3.05) is 4.72 Å². The van der Waals surface area contributed by atoms with E-state index < -0.39 is 10.0 Å². The second kappa shape index (κ2) is 6.08. The topological polar surface area (TPSA) is 59.1 Å². The number of nitrogens with zero attached hydrogens (tertiary/aromatic N) is 1. The summed E-state index contributed by atoms with van der Waals surface area (Å²) in [5.41, 5.74) is 1.24. The summed E-state index contributed by atoms with van der Waals surface area (Å²) in [4.78, 5) is 4.72. The molecular weight excluding hydrogens is 431 g/mol. The van der Waals surface area contributed by atoms with Crippen LogP contribution in [0.1, 0.15) is 44.2 Å². The van der Waals surface area contributed by atoms with Crippen molar-refractivity contribution < 1.29 is 8.42 Å². The highest BCUT2D eigenvalue weighted by molar-refractivity contribution is 7.93. The predicted molar refractivity (Wildman–Crippen MR) is 107 cm³/mol. The molecule has 4 saturated carbocycles. The SMILES string of the molecule is O=S(=O)(Nc1nc(C23CC4CC(CC(C4)C2)C3)cs1)c1cc(Cl)sc1Cl. The number of thiazole rings is 1. The molecule has 4 aliphatic carbocycles. The second-order valence-corrected chi connectivity index (χ2v) is 12.8. The maximum absolute atomic E-state index is 12.6. The van der Waals surface area contributed by atoms with Gasteiger partial charge in [-0.2, -0.15) is 0 Å². The summed E-state index contributed by atoms with van der Waals surface area (Å²) in [6, 6.07) is 1.38. The van der Waals surface area contributed by atoms with Crippen LogP contribution in [0.5, 0.6) is 0 Å². The molecule has 26 heavy (non-hydrogen) atoms. The zero-order valence-electron chi connectivity index (χ0n) is 13.9. The molecule has 0 aliphatic heterocycles. The van der Waals surface area contributed by atoms with E-state index in [0.717, 1.165) is 34.8 Å². The first-order valence-corrected chi connectivity index (χ1v) is 12.7. The Bertz CT molecular complexity index is 931. The molecule has 0 saturated heterocycles. The number of aromatic nitrogens is 1. The van der Waals surface area contributed by atoms with Crippen molar-refractivity contribution in [2.24, 2.45) is 17.8 Å². The van der Waals surface area contributed by atoms with Gasteiger partial charge in [-0.25, -0.2) is 13.4 Å². The molecule has 4 nitrogen and oxygen atoms in total. The molecule has 4 bridgehead atoms. The van der Waals surface area contributed by atoms with E-state index in [-0.39, 0.29) is 14.6 Å².